The van der Waals surface area contributed by atoms with Crippen LogP contribution in [0.4, 0.5) is 5.69 Å². The molecule has 0 bridgehead atoms. The smallest absolute Gasteiger partial charge is 0.307 e. The summed E-state index contributed by atoms with van der Waals surface area (Å²) in [4.78, 5) is 39.0. The highest BCUT2D eigenvalue weighted by molar-refractivity contribution is 8.01. The molecule has 0 saturated heterocycles. The molecule has 27 heavy (non-hydrogen) atoms. The molecule has 0 radical (unpaired) electrons. The Labute approximate surface area is 164 Å². The summed E-state index contributed by atoms with van der Waals surface area (Å²) in [6.07, 6.45) is 2.92. The third-order valence-corrected chi connectivity index (χ3v) is 6.76. The molecule has 2 aromatic rings. The highest BCUT2D eigenvalue weighted by atomic mass is 32.2. The molecule has 7 nitrogen and oxygen atoms in total. The predicted molar refractivity (Wildman–Crippen MR) is 104 cm³/mol. The molecular weight excluding hydrogens is 388 g/mol. The van der Waals surface area contributed by atoms with E-state index in [1.165, 1.54) is 23.1 Å². The van der Waals surface area contributed by atoms with E-state index in [1.807, 2.05) is 6.07 Å². The quantitative estimate of drug-likeness (QED) is 0.598. The molecule has 1 aliphatic rings. The van der Waals surface area contributed by atoms with E-state index in [-0.39, 0.29) is 12.3 Å². The van der Waals surface area contributed by atoms with Crippen molar-refractivity contribution in [3.8, 4) is 0 Å². The van der Waals surface area contributed by atoms with Crippen LogP contribution in [0.15, 0.2) is 22.5 Å². The first-order valence-corrected chi connectivity index (χ1v) is 10.5. The van der Waals surface area contributed by atoms with Crippen molar-refractivity contribution in [1.29, 1.82) is 0 Å². The zero-order valence-electron chi connectivity index (χ0n) is 14.5. The van der Waals surface area contributed by atoms with Crippen molar-refractivity contribution in [2.75, 3.05) is 11.1 Å². The van der Waals surface area contributed by atoms with E-state index in [0.29, 0.717) is 24.3 Å². The van der Waals surface area contributed by atoms with Gasteiger partial charge in [0.25, 0.3) is 0 Å². The second-order valence-corrected chi connectivity index (χ2v) is 8.85. The van der Waals surface area contributed by atoms with Gasteiger partial charge >= 0.3 is 11.9 Å². The number of amides is 1. The van der Waals surface area contributed by atoms with E-state index in [0.717, 1.165) is 27.4 Å². The third-order valence-electron chi connectivity index (χ3n) is 4.60. The normalized spacial score (nSPS) is 19.7. The molecule has 1 amide bonds. The molecule has 3 N–H and O–H groups in total. The van der Waals surface area contributed by atoms with Crippen molar-refractivity contribution in [1.82, 2.24) is 4.98 Å². The van der Waals surface area contributed by atoms with Crippen LogP contribution in [0, 0.1) is 11.8 Å². The summed E-state index contributed by atoms with van der Waals surface area (Å²) in [6.45, 7) is 0. The summed E-state index contributed by atoms with van der Waals surface area (Å²) in [7, 11) is 0. The van der Waals surface area contributed by atoms with Gasteiger partial charge in [-0.1, -0.05) is 24.6 Å². The number of nitrogens with one attached hydrogen (secondary N) is 1. The van der Waals surface area contributed by atoms with Gasteiger partial charge in [-0.2, -0.15) is 0 Å². The van der Waals surface area contributed by atoms with Crippen LogP contribution < -0.4 is 5.32 Å². The van der Waals surface area contributed by atoms with E-state index >= 15 is 0 Å². The molecule has 1 aromatic carbocycles. The number of hydrogen-bond donors (Lipinski definition) is 3. The number of carbonyl (C=O) groups is 3. The van der Waals surface area contributed by atoms with Crippen molar-refractivity contribution in [2.24, 2.45) is 11.8 Å². The zero-order valence-corrected chi connectivity index (χ0v) is 16.1. The molecular formula is C18H20N2O5S2. The molecule has 3 rings (SSSR count). The monoisotopic (exact) mass is 408 g/mol. The summed E-state index contributed by atoms with van der Waals surface area (Å²) >= 11 is 2.84. The Hall–Kier alpha value is -2.13. The minimum atomic E-state index is -0.907. The number of anilines is 1. The summed E-state index contributed by atoms with van der Waals surface area (Å²) < 4.78 is 1.68. The first-order valence-electron chi connectivity index (χ1n) is 8.73. The third kappa shape index (κ3) is 4.98. The van der Waals surface area contributed by atoms with Crippen LogP contribution >= 0.6 is 23.1 Å². The van der Waals surface area contributed by atoms with Gasteiger partial charge < -0.3 is 15.5 Å². The lowest BCUT2D eigenvalue weighted by Gasteiger charge is -2.27. The van der Waals surface area contributed by atoms with Crippen LogP contribution in [-0.4, -0.2) is 38.8 Å². The number of aromatic nitrogens is 1. The number of carbonyl (C=O) groups excluding carboxylic acids is 1. The van der Waals surface area contributed by atoms with Crippen LogP contribution in [0.3, 0.4) is 0 Å². The van der Waals surface area contributed by atoms with E-state index in [2.05, 4.69) is 10.3 Å². The largest absolute Gasteiger partial charge is 0.481 e. The lowest BCUT2D eigenvalue weighted by Crippen LogP contribution is -2.36. The lowest BCUT2D eigenvalue weighted by atomic mass is 9.78. The molecule has 144 valence electrons. The molecule has 1 heterocycles. The number of aliphatic carboxylic acids is 2. The van der Waals surface area contributed by atoms with Crippen LogP contribution in [0.1, 0.15) is 32.1 Å². The Morgan fingerprint density at radius 1 is 1.19 bits per heavy atom. The molecule has 2 atom stereocenters. The van der Waals surface area contributed by atoms with Gasteiger partial charge in [0.15, 0.2) is 4.34 Å². The molecule has 1 saturated carbocycles. The van der Waals surface area contributed by atoms with Crippen LogP contribution in [0.2, 0.25) is 0 Å². The zero-order chi connectivity index (χ0) is 19.4. The van der Waals surface area contributed by atoms with Crippen molar-refractivity contribution in [2.45, 2.75) is 36.4 Å². The molecule has 1 aliphatic carbocycles. The van der Waals surface area contributed by atoms with Gasteiger partial charge in [0.2, 0.25) is 5.91 Å². The first kappa shape index (κ1) is 19.6. The van der Waals surface area contributed by atoms with Crippen molar-refractivity contribution >= 4 is 56.8 Å². The minimum absolute atomic E-state index is 0.0774. The summed E-state index contributed by atoms with van der Waals surface area (Å²) in [5.41, 5.74) is 1.41. The maximum absolute atomic E-state index is 12.6. The SMILES string of the molecule is O=C(O)CCSc1nc2ccc(NC(=O)[C@@H]3CCCC[C@@H]3C(=O)O)cc2s1. The molecule has 0 unspecified atom stereocenters. The molecule has 1 fully saturated rings. The van der Waals surface area contributed by atoms with Gasteiger partial charge in [-0.05, 0) is 31.0 Å². The second kappa shape index (κ2) is 8.71. The maximum Gasteiger partial charge on any atom is 0.307 e. The van der Waals surface area contributed by atoms with Crippen molar-refractivity contribution < 1.29 is 24.6 Å². The summed E-state index contributed by atoms with van der Waals surface area (Å²) in [5, 5.41) is 20.9. The Morgan fingerprint density at radius 2 is 1.93 bits per heavy atom. The second-order valence-electron chi connectivity index (χ2n) is 6.48. The number of benzene rings is 1. The summed E-state index contributed by atoms with van der Waals surface area (Å²) in [6, 6.07) is 5.38. The van der Waals surface area contributed by atoms with Gasteiger partial charge in [-0.3, -0.25) is 14.4 Å². The average molecular weight is 409 g/mol. The van der Waals surface area contributed by atoms with Gasteiger partial charge in [0.1, 0.15) is 0 Å². The predicted octanol–water partition coefficient (Wildman–Crippen LogP) is 3.69. The number of rotatable bonds is 7. The average Bonchev–Trinajstić information content (AvgIpc) is 3.03. The van der Waals surface area contributed by atoms with Crippen molar-refractivity contribution in [3.63, 3.8) is 0 Å². The number of thiazole rings is 1. The number of fused-ring (bicyclic) bond motifs is 1. The van der Waals surface area contributed by atoms with Crippen LogP contribution in [0.25, 0.3) is 10.2 Å². The Kier molecular flexibility index (Phi) is 6.33. The topological polar surface area (TPSA) is 117 Å². The Balaban J connectivity index is 1.68. The highest BCUT2D eigenvalue weighted by Crippen LogP contribution is 2.33. The number of thioether (sulfide) groups is 1. The Morgan fingerprint density at radius 3 is 2.63 bits per heavy atom. The molecule has 0 aliphatic heterocycles. The lowest BCUT2D eigenvalue weighted by molar-refractivity contribution is -0.147. The molecule has 9 heteroatoms. The first-order chi connectivity index (χ1) is 12.9. The minimum Gasteiger partial charge on any atom is -0.481 e. The Bertz CT molecular complexity index is 867. The maximum atomic E-state index is 12.6. The highest BCUT2D eigenvalue weighted by Gasteiger charge is 2.35. The fourth-order valence-corrected chi connectivity index (χ4v) is 5.35. The number of hydrogen-bond acceptors (Lipinski definition) is 6. The van der Waals surface area contributed by atoms with E-state index in [9.17, 15) is 19.5 Å². The van der Waals surface area contributed by atoms with Crippen molar-refractivity contribution in [3.05, 3.63) is 18.2 Å². The van der Waals surface area contributed by atoms with E-state index in [4.69, 9.17) is 5.11 Å². The van der Waals surface area contributed by atoms with E-state index < -0.39 is 23.8 Å². The number of carboxylic acids is 2. The van der Waals surface area contributed by atoms with Crippen LogP contribution in [-0.2, 0) is 14.4 Å². The molecule has 1 aromatic heterocycles. The summed E-state index contributed by atoms with van der Waals surface area (Å²) in [5.74, 6) is -2.66. The van der Waals surface area contributed by atoms with Gasteiger partial charge in [-0.15, -0.1) is 11.3 Å². The van der Waals surface area contributed by atoms with Gasteiger partial charge in [0, 0.05) is 11.4 Å². The van der Waals surface area contributed by atoms with E-state index in [1.54, 1.807) is 12.1 Å². The fraction of sp³-hybridized carbons (Fsp3) is 0.444. The van der Waals surface area contributed by atoms with Gasteiger partial charge in [-0.25, -0.2) is 4.98 Å². The number of carboxylic acid groups (broad SMARTS) is 2. The van der Waals surface area contributed by atoms with Gasteiger partial charge in [0.05, 0.1) is 28.5 Å². The standard InChI is InChI=1S/C18H20N2O5S2/c21-15(22)7-8-26-18-20-13-6-5-10(9-14(13)27-18)19-16(23)11-3-1-2-4-12(11)17(24)25/h5-6,9,11-12H,1-4,7-8H2,(H,19,23)(H,21,22)(H,24,25)/t11-,12+/m1/s1. The fourth-order valence-electron chi connectivity index (χ4n) is 3.24. The molecule has 0 spiro atoms. The van der Waals surface area contributed by atoms with Crippen LogP contribution in [0.5, 0.6) is 0 Å². The number of nitrogens with zero attached hydrogens (tertiary/aromatic N) is 1.